The van der Waals surface area contributed by atoms with Gasteiger partial charge in [0, 0.05) is 57.0 Å². The fourth-order valence-corrected chi connectivity index (χ4v) is 4.25. The van der Waals surface area contributed by atoms with E-state index in [0.717, 1.165) is 63.1 Å². The number of pyridine rings is 1. The maximum Gasteiger partial charge on any atom is 0.128 e. The number of nitrogens with zero attached hydrogens (tertiary/aromatic N) is 4. The second kappa shape index (κ2) is 8.59. The normalized spacial score (nSPS) is 21.7. The lowest BCUT2D eigenvalue weighted by Gasteiger charge is -2.32. The van der Waals surface area contributed by atoms with Crippen LogP contribution in [0.15, 0.2) is 42.6 Å². The molecule has 2 fully saturated rings. The van der Waals surface area contributed by atoms with Crippen molar-refractivity contribution in [3.63, 3.8) is 0 Å². The van der Waals surface area contributed by atoms with Crippen LogP contribution in [0.5, 0.6) is 0 Å². The van der Waals surface area contributed by atoms with Gasteiger partial charge >= 0.3 is 0 Å². The number of likely N-dealkylation sites (N-methyl/N-ethyl adjacent to an activating group) is 1. The average Bonchev–Trinajstić information content (AvgIpc) is 3.15. The Balaban J connectivity index is 1.29. The highest BCUT2D eigenvalue weighted by Gasteiger charge is 2.23. The zero-order chi connectivity index (χ0) is 18.6. The number of rotatable bonds is 5. The molecule has 2 saturated heterocycles. The standard InChI is InChI=1S/C22H29ClN4/c1-25-10-12-26(13-11-25)16-20-4-7-22(24-15-20)27-9-8-19(17-27)14-18-2-5-21(23)6-3-18/h2-7,15,19H,8-14,16-17H2,1H3. The van der Waals surface area contributed by atoms with Gasteiger partial charge in [0.2, 0.25) is 0 Å². The van der Waals surface area contributed by atoms with E-state index in [1.807, 2.05) is 12.1 Å². The predicted octanol–water partition coefficient (Wildman–Crippen LogP) is 3.55. The first kappa shape index (κ1) is 18.7. The lowest BCUT2D eigenvalue weighted by atomic mass is 9.99. The van der Waals surface area contributed by atoms with Crippen LogP contribution in [-0.2, 0) is 13.0 Å². The number of hydrogen-bond donors (Lipinski definition) is 0. The van der Waals surface area contributed by atoms with Gasteiger partial charge in [0.05, 0.1) is 0 Å². The summed E-state index contributed by atoms with van der Waals surface area (Å²) in [7, 11) is 2.20. The molecule has 27 heavy (non-hydrogen) atoms. The molecule has 3 heterocycles. The lowest BCUT2D eigenvalue weighted by Crippen LogP contribution is -2.43. The van der Waals surface area contributed by atoms with E-state index in [1.54, 1.807) is 0 Å². The molecule has 1 unspecified atom stereocenters. The van der Waals surface area contributed by atoms with E-state index in [4.69, 9.17) is 16.6 Å². The van der Waals surface area contributed by atoms with E-state index in [0.29, 0.717) is 5.92 Å². The van der Waals surface area contributed by atoms with Crippen LogP contribution in [0.2, 0.25) is 5.02 Å². The highest BCUT2D eigenvalue weighted by atomic mass is 35.5. The number of piperazine rings is 1. The minimum absolute atomic E-state index is 0.693. The lowest BCUT2D eigenvalue weighted by molar-refractivity contribution is 0.148. The Morgan fingerprint density at radius 2 is 1.70 bits per heavy atom. The SMILES string of the molecule is CN1CCN(Cc2ccc(N3CCC(Cc4ccc(Cl)cc4)C3)nc2)CC1. The van der Waals surface area contributed by atoms with E-state index in [-0.39, 0.29) is 0 Å². The quantitative estimate of drug-likeness (QED) is 0.786. The first-order valence-electron chi connectivity index (χ1n) is 10.0. The van der Waals surface area contributed by atoms with Crippen LogP contribution in [0.25, 0.3) is 0 Å². The summed E-state index contributed by atoms with van der Waals surface area (Å²) in [4.78, 5) is 12.1. The van der Waals surface area contributed by atoms with Crippen molar-refractivity contribution >= 4 is 17.4 Å². The van der Waals surface area contributed by atoms with Crippen molar-refractivity contribution in [2.24, 2.45) is 5.92 Å². The minimum Gasteiger partial charge on any atom is -0.356 e. The van der Waals surface area contributed by atoms with E-state index < -0.39 is 0 Å². The van der Waals surface area contributed by atoms with Gasteiger partial charge in [0.15, 0.2) is 0 Å². The fraction of sp³-hybridized carbons (Fsp3) is 0.500. The first-order valence-corrected chi connectivity index (χ1v) is 10.4. The molecule has 4 rings (SSSR count). The summed E-state index contributed by atoms with van der Waals surface area (Å²) in [6.07, 6.45) is 4.42. The molecular weight excluding hydrogens is 356 g/mol. The number of halogens is 1. The molecule has 0 N–H and O–H groups in total. The number of hydrogen-bond acceptors (Lipinski definition) is 4. The average molecular weight is 385 g/mol. The van der Waals surface area contributed by atoms with E-state index in [9.17, 15) is 0 Å². The van der Waals surface area contributed by atoms with Gasteiger partial charge in [0.25, 0.3) is 0 Å². The Bertz CT molecular complexity index is 723. The Morgan fingerprint density at radius 3 is 2.41 bits per heavy atom. The molecule has 2 aromatic rings. The highest BCUT2D eigenvalue weighted by Crippen LogP contribution is 2.25. The Morgan fingerprint density at radius 1 is 0.963 bits per heavy atom. The Hall–Kier alpha value is -1.62. The van der Waals surface area contributed by atoms with Crippen molar-refractivity contribution < 1.29 is 0 Å². The van der Waals surface area contributed by atoms with Gasteiger partial charge in [-0.15, -0.1) is 0 Å². The van der Waals surface area contributed by atoms with E-state index in [2.05, 4.69) is 52.2 Å². The van der Waals surface area contributed by atoms with Crippen molar-refractivity contribution in [3.05, 3.63) is 58.7 Å². The van der Waals surface area contributed by atoms with Gasteiger partial charge in [-0.2, -0.15) is 0 Å². The molecule has 2 aliphatic heterocycles. The van der Waals surface area contributed by atoms with Crippen molar-refractivity contribution in [3.8, 4) is 0 Å². The maximum atomic E-state index is 5.99. The molecule has 4 nitrogen and oxygen atoms in total. The maximum absolute atomic E-state index is 5.99. The van der Waals surface area contributed by atoms with Crippen LogP contribution >= 0.6 is 11.6 Å². The molecular formula is C22H29ClN4. The molecule has 1 aromatic heterocycles. The molecule has 0 saturated carbocycles. The van der Waals surface area contributed by atoms with Crippen LogP contribution in [0.3, 0.4) is 0 Å². The third-order valence-corrected chi connectivity index (χ3v) is 6.11. The van der Waals surface area contributed by atoms with Crippen LogP contribution in [0, 0.1) is 5.92 Å². The summed E-state index contributed by atoms with van der Waals surface area (Å²) in [6.45, 7) is 7.83. The second-order valence-corrected chi connectivity index (χ2v) is 8.47. The number of anilines is 1. The summed E-state index contributed by atoms with van der Waals surface area (Å²) in [5, 5.41) is 0.813. The largest absolute Gasteiger partial charge is 0.356 e. The third kappa shape index (κ3) is 5.01. The van der Waals surface area contributed by atoms with Crippen LogP contribution in [0.4, 0.5) is 5.82 Å². The minimum atomic E-state index is 0.693. The molecule has 144 valence electrons. The van der Waals surface area contributed by atoms with Gasteiger partial charge in [0.1, 0.15) is 5.82 Å². The van der Waals surface area contributed by atoms with E-state index in [1.165, 1.54) is 17.5 Å². The summed E-state index contributed by atoms with van der Waals surface area (Å²) in [5.74, 6) is 1.81. The van der Waals surface area contributed by atoms with Gasteiger partial charge in [-0.3, -0.25) is 4.90 Å². The molecule has 1 atom stereocenters. The summed E-state index contributed by atoms with van der Waals surface area (Å²) < 4.78 is 0. The molecule has 5 heteroatoms. The monoisotopic (exact) mass is 384 g/mol. The van der Waals surface area contributed by atoms with Crippen LogP contribution in [-0.4, -0.2) is 61.1 Å². The zero-order valence-electron chi connectivity index (χ0n) is 16.1. The van der Waals surface area contributed by atoms with Gasteiger partial charge in [-0.25, -0.2) is 4.98 Å². The summed E-state index contributed by atoms with van der Waals surface area (Å²) in [6, 6.07) is 12.7. The van der Waals surface area contributed by atoms with E-state index >= 15 is 0 Å². The van der Waals surface area contributed by atoms with Gasteiger partial charge in [-0.05, 0) is 55.1 Å². The molecule has 0 aliphatic carbocycles. The van der Waals surface area contributed by atoms with Crippen molar-refractivity contribution in [1.82, 2.24) is 14.8 Å². The smallest absolute Gasteiger partial charge is 0.128 e. The predicted molar refractivity (Wildman–Crippen MR) is 112 cm³/mol. The molecule has 0 bridgehead atoms. The molecule has 1 aromatic carbocycles. The van der Waals surface area contributed by atoms with Gasteiger partial charge < -0.3 is 9.80 Å². The van der Waals surface area contributed by atoms with Crippen molar-refractivity contribution in [1.29, 1.82) is 0 Å². The second-order valence-electron chi connectivity index (χ2n) is 8.04. The van der Waals surface area contributed by atoms with Crippen molar-refractivity contribution in [2.75, 3.05) is 51.2 Å². The summed E-state index contributed by atoms with van der Waals surface area (Å²) >= 11 is 5.99. The third-order valence-electron chi connectivity index (χ3n) is 5.86. The Labute approximate surface area is 167 Å². The highest BCUT2D eigenvalue weighted by molar-refractivity contribution is 6.30. The molecule has 0 radical (unpaired) electrons. The Kier molecular flexibility index (Phi) is 5.96. The number of aromatic nitrogens is 1. The van der Waals surface area contributed by atoms with Crippen LogP contribution in [0.1, 0.15) is 17.5 Å². The number of benzene rings is 1. The molecule has 0 amide bonds. The zero-order valence-corrected chi connectivity index (χ0v) is 16.9. The van der Waals surface area contributed by atoms with Crippen LogP contribution < -0.4 is 4.90 Å². The fourth-order valence-electron chi connectivity index (χ4n) is 4.12. The van der Waals surface area contributed by atoms with Crippen molar-refractivity contribution in [2.45, 2.75) is 19.4 Å². The first-order chi connectivity index (χ1) is 13.2. The molecule has 0 spiro atoms. The topological polar surface area (TPSA) is 22.6 Å². The summed E-state index contributed by atoms with van der Waals surface area (Å²) in [5.41, 5.74) is 2.70. The molecule has 2 aliphatic rings. The van der Waals surface area contributed by atoms with Gasteiger partial charge in [-0.1, -0.05) is 29.8 Å².